The monoisotopic (exact) mass is 336 g/mol. The average molecular weight is 336 g/mol. The Morgan fingerprint density at radius 1 is 1.46 bits per heavy atom. The minimum absolute atomic E-state index is 0.132. The van der Waals surface area contributed by atoms with Gasteiger partial charge < -0.3 is 25.0 Å². The van der Waals surface area contributed by atoms with Crippen LogP contribution in [0.4, 0.5) is 5.82 Å². The number of carbonyl (C=O) groups excluding carboxylic acids is 2. The van der Waals surface area contributed by atoms with E-state index in [-0.39, 0.29) is 31.4 Å². The van der Waals surface area contributed by atoms with Crippen LogP contribution in [0.2, 0.25) is 0 Å². The van der Waals surface area contributed by atoms with Gasteiger partial charge in [0.05, 0.1) is 31.7 Å². The first-order valence-electron chi connectivity index (χ1n) is 7.81. The zero-order chi connectivity index (χ0) is 17.6. The van der Waals surface area contributed by atoms with Crippen molar-refractivity contribution in [2.24, 2.45) is 0 Å². The number of nitrogens with one attached hydrogen (secondary N) is 2. The quantitative estimate of drug-likeness (QED) is 0.766. The van der Waals surface area contributed by atoms with E-state index >= 15 is 0 Å². The lowest BCUT2D eigenvalue weighted by molar-refractivity contribution is -0.150. The molecule has 1 fully saturated rings. The van der Waals surface area contributed by atoms with Crippen LogP contribution < -0.4 is 10.6 Å². The minimum Gasteiger partial charge on any atom is -0.382 e. The van der Waals surface area contributed by atoms with E-state index in [2.05, 4.69) is 15.6 Å². The van der Waals surface area contributed by atoms with Crippen LogP contribution in [0.15, 0.2) is 18.3 Å². The summed E-state index contributed by atoms with van der Waals surface area (Å²) in [7, 11) is 4.85. The third-order valence-corrected chi connectivity index (χ3v) is 3.98. The van der Waals surface area contributed by atoms with Crippen LogP contribution in [0.3, 0.4) is 0 Å². The molecule has 2 amide bonds. The second-order valence-electron chi connectivity index (χ2n) is 5.69. The van der Waals surface area contributed by atoms with E-state index < -0.39 is 5.60 Å². The minimum atomic E-state index is -0.842. The van der Waals surface area contributed by atoms with Crippen molar-refractivity contribution in [2.75, 3.05) is 52.8 Å². The van der Waals surface area contributed by atoms with Gasteiger partial charge in [-0.05, 0) is 12.1 Å². The number of anilines is 1. The number of pyridine rings is 1. The maximum absolute atomic E-state index is 12.9. The first-order chi connectivity index (χ1) is 11.5. The highest BCUT2D eigenvalue weighted by Gasteiger charge is 2.40. The highest BCUT2D eigenvalue weighted by Crippen LogP contribution is 2.25. The Hall–Kier alpha value is -2.19. The molecule has 1 saturated heterocycles. The fraction of sp³-hybridized carbons (Fsp3) is 0.562. The van der Waals surface area contributed by atoms with Crippen molar-refractivity contribution >= 4 is 17.6 Å². The van der Waals surface area contributed by atoms with E-state index in [1.54, 1.807) is 44.4 Å². The van der Waals surface area contributed by atoms with Crippen molar-refractivity contribution in [3.63, 3.8) is 0 Å². The number of methoxy groups -OCH3 is 1. The van der Waals surface area contributed by atoms with E-state index in [9.17, 15) is 9.59 Å². The molecular formula is C16H24N4O4. The highest BCUT2D eigenvalue weighted by atomic mass is 16.5. The third-order valence-electron chi connectivity index (χ3n) is 3.98. The number of carbonyl (C=O) groups is 2. The molecule has 0 aromatic carbocycles. The molecule has 1 aromatic heterocycles. The summed E-state index contributed by atoms with van der Waals surface area (Å²) < 4.78 is 11.1. The molecule has 1 aliphatic rings. The summed E-state index contributed by atoms with van der Waals surface area (Å²) in [6.45, 7) is 1.32. The molecule has 0 radical (unpaired) electrons. The number of nitrogens with zero attached hydrogens (tertiary/aromatic N) is 2. The number of aromatic nitrogens is 1. The SMILES string of the molecule is CNC(=O)CC1(COC)CN(C(=O)c2cccnc2NC)CCO1. The first-order valence-corrected chi connectivity index (χ1v) is 7.81. The molecule has 8 nitrogen and oxygen atoms in total. The summed E-state index contributed by atoms with van der Waals surface area (Å²) in [5, 5.41) is 5.52. The molecule has 0 spiro atoms. The Balaban J connectivity index is 2.21. The predicted octanol–water partition coefficient (Wildman–Crippen LogP) is 0.117. The molecule has 0 saturated carbocycles. The van der Waals surface area contributed by atoms with Crippen molar-refractivity contribution in [1.82, 2.24) is 15.2 Å². The lowest BCUT2D eigenvalue weighted by atomic mass is 9.97. The second-order valence-corrected chi connectivity index (χ2v) is 5.69. The topological polar surface area (TPSA) is 92.8 Å². The summed E-state index contributed by atoms with van der Waals surface area (Å²) in [6.07, 6.45) is 1.76. The Labute approximate surface area is 141 Å². The van der Waals surface area contributed by atoms with Crippen molar-refractivity contribution < 1.29 is 19.1 Å². The van der Waals surface area contributed by atoms with E-state index in [1.165, 1.54) is 0 Å². The Kier molecular flexibility index (Phi) is 6.10. The van der Waals surface area contributed by atoms with Gasteiger partial charge in [-0.25, -0.2) is 4.98 Å². The van der Waals surface area contributed by atoms with Gasteiger partial charge in [-0.2, -0.15) is 0 Å². The lowest BCUT2D eigenvalue weighted by Gasteiger charge is -2.42. The predicted molar refractivity (Wildman–Crippen MR) is 88.9 cm³/mol. The van der Waals surface area contributed by atoms with Crippen molar-refractivity contribution in [2.45, 2.75) is 12.0 Å². The van der Waals surface area contributed by atoms with Crippen LogP contribution in [-0.4, -0.2) is 74.8 Å². The maximum atomic E-state index is 12.9. The molecule has 2 rings (SSSR count). The summed E-state index contributed by atoms with van der Waals surface area (Å²) in [5.74, 6) is 0.226. The Bertz CT molecular complexity index is 591. The number of hydrogen-bond acceptors (Lipinski definition) is 6. The van der Waals surface area contributed by atoms with Gasteiger partial charge in [-0.3, -0.25) is 9.59 Å². The van der Waals surface area contributed by atoms with Crippen LogP contribution >= 0.6 is 0 Å². The molecule has 2 N–H and O–H groups in total. The molecule has 8 heteroatoms. The number of hydrogen-bond donors (Lipinski definition) is 2. The second kappa shape index (κ2) is 8.07. The lowest BCUT2D eigenvalue weighted by Crippen LogP contribution is -2.57. The van der Waals surface area contributed by atoms with Gasteiger partial charge in [0.25, 0.3) is 5.91 Å². The van der Waals surface area contributed by atoms with Gasteiger partial charge in [0, 0.05) is 33.9 Å². The zero-order valence-electron chi connectivity index (χ0n) is 14.3. The molecule has 1 atom stereocenters. The average Bonchev–Trinajstić information content (AvgIpc) is 2.61. The fourth-order valence-corrected chi connectivity index (χ4v) is 2.85. The molecule has 1 aromatic rings. The van der Waals surface area contributed by atoms with Crippen molar-refractivity contribution in [3.8, 4) is 0 Å². The van der Waals surface area contributed by atoms with Crippen LogP contribution in [0, 0.1) is 0 Å². The van der Waals surface area contributed by atoms with Gasteiger partial charge in [-0.1, -0.05) is 0 Å². The smallest absolute Gasteiger partial charge is 0.257 e. The first kappa shape index (κ1) is 18.2. The number of ether oxygens (including phenoxy) is 2. The molecule has 24 heavy (non-hydrogen) atoms. The molecule has 0 aliphatic carbocycles. The number of rotatable bonds is 6. The van der Waals surface area contributed by atoms with Gasteiger partial charge in [0.2, 0.25) is 5.91 Å². The Morgan fingerprint density at radius 3 is 2.92 bits per heavy atom. The van der Waals surface area contributed by atoms with E-state index in [0.717, 1.165) is 0 Å². The van der Waals surface area contributed by atoms with Gasteiger partial charge in [0.1, 0.15) is 11.4 Å². The standard InChI is InChI=1S/C16H24N4O4/c1-17-13(21)9-16(11-23-3)10-20(7-8-24-16)15(22)12-5-4-6-19-14(12)18-2/h4-6H,7-11H2,1-3H3,(H,17,21)(H,18,19). The van der Waals surface area contributed by atoms with Gasteiger partial charge in [-0.15, -0.1) is 0 Å². The number of amides is 2. The molecule has 1 aliphatic heterocycles. The van der Waals surface area contributed by atoms with Crippen LogP contribution in [0.5, 0.6) is 0 Å². The summed E-state index contributed by atoms with van der Waals surface area (Å²) in [6, 6.07) is 3.45. The van der Waals surface area contributed by atoms with Gasteiger partial charge >= 0.3 is 0 Å². The molecule has 1 unspecified atom stereocenters. The summed E-state index contributed by atoms with van der Waals surface area (Å²) >= 11 is 0. The molecule has 2 heterocycles. The summed E-state index contributed by atoms with van der Waals surface area (Å²) in [4.78, 5) is 30.6. The van der Waals surface area contributed by atoms with E-state index in [4.69, 9.17) is 9.47 Å². The normalized spacial score (nSPS) is 20.5. The number of morpholine rings is 1. The largest absolute Gasteiger partial charge is 0.382 e. The third kappa shape index (κ3) is 4.01. The van der Waals surface area contributed by atoms with Crippen LogP contribution in [0.25, 0.3) is 0 Å². The van der Waals surface area contributed by atoms with E-state index in [1.807, 2.05) is 0 Å². The molecule has 0 bridgehead atoms. The Morgan fingerprint density at radius 2 is 2.25 bits per heavy atom. The highest BCUT2D eigenvalue weighted by molar-refractivity contribution is 5.98. The van der Waals surface area contributed by atoms with Crippen molar-refractivity contribution in [3.05, 3.63) is 23.9 Å². The maximum Gasteiger partial charge on any atom is 0.257 e. The fourth-order valence-electron chi connectivity index (χ4n) is 2.85. The van der Waals surface area contributed by atoms with Gasteiger partial charge in [0.15, 0.2) is 0 Å². The van der Waals surface area contributed by atoms with Crippen LogP contribution in [0.1, 0.15) is 16.8 Å². The van der Waals surface area contributed by atoms with E-state index in [0.29, 0.717) is 24.5 Å². The molecular weight excluding hydrogens is 312 g/mol. The van der Waals surface area contributed by atoms with Crippen LogP contribution in [-0.2, 0) is 14.3 Å². The molecule has 132 valence electrons. The summed E-state index contributed by atoms with van der Waals surface area (Å²) in [5.41, 5.74) is -0.349. The zero-order valence-corrected chi connectivity index (χ0v) is 14.3. The van der Waals surface area contributed by atoms with Crippen molar-refractivity contribution in [1.29, 1.82) is 0 Å².